The number of hydrogen-bond donors (Lipinski definition) is 3. The third-order valence-electron chi connectivity index (χ3n) is 3.64. The Morgan fingerprint density at radius 2 is 2.09 bits per heavy atom. The Morgan fingerprint density at radius 1 is 1.36 bits per heavy atom. The first-order valence-electron chi connectivity index (χ1n) is 7.15. The van der Waals surface area contributed by atoms with Crippen LogP contribution in [0.2, 0.25) is 0 Å². The maximum Gasteiger partial charge on any atom is 0.193 e. The SMILES string of the molecule is COc1ccc(OC)c(NC(N)=NCC2(O)CCOCC2)c1. The zero-order valence-electron chi connectivity index (χ0n) is 13.0. The number of methoxy groups -OCH3 is 2. The summed E-state index contributed by atoms with van der Waals surface area (Å²) >= 11 is 0. The van der Waals surface area contributed by atoms with Gasteiger partial charge in [0.2, 0.25) is 0 Å². The fraction of sp³-hybridized carbons (Fsp3) is 0.533. The molecule has 1 aliphatic rings. The zero-order valence-corrected chi connectivity index (χ0v) is 13.0. The van der Waals surface area contributed by atoms with Crippen molar-refractivity contribution in [2.45, 2.75) is 18.4 Å². The summed E-state index contributed by atoms with van der Waals surface area (Å²) in [5.41, 5.74) is 5.71. The summed E-state index contributed by atoms with van der Waals surface area (Å²) in [6.07, 6.45) is 1.12. The topological polar surface area (TPSA) is 98.3 Å². The number of rotatable bonds is 5. The van der Waals surface area contributed by atoms with Gasteiger partial charge in [0.15, 0.2) is 5.96 Å². The van der Waals surface area contributed by atoms with Crippen molar-refractivity contribution in [2.75, 3.05) is 39.3 Å². The van der Waals surface area contributed by atoms with Crippen LogP contribution in [0.4, 0.5) is 5.69 Å². The second-order valence-corrected chi connectivity index (χ2v) is 5.23. The number of nitrogens with one attached hydrogen (secondary N) is 1. The quantitative estimate of drug-likeness (QED) is 0.554. The van der Waals surface area contributed by atoms with Gasteiger partial charge in [-0.1, -0.05) is 0 Å². The van der Waals surface area contributed by atoms with Crippen LogP contribution in [0.3, 0.4) is 0 Å². The van der Waals surface area contributed by atoms with Crippen molar-refractivity contribution < 1.29 is 19.3 Å². The number of nitrogens with two attached hydrogens (primary N) is 1. The summed E-state index contributed by atoms with van der Waals surface area (Å²) in [6.45, 7) is 1.33. The number of guanidine groups is 1. The first-order valence-corrected chi connectivity index (χ1v) is 7.15. The summed E-state index contributed by atoms with van der Waals surface area (Å²) in [6, 6.07) is 5.34. The van der Waals surface area contributed by atoms with E-state index in [4.69, 9.17) is 19.9 Å². The lowest BCUT2D eigenvalue weighted by Gasteiger charge is -2.30. The molecule has 0 amide bonds. The molecule has 2 rings (SSSR count). The number of nitrogens with zero attached hydrogens (tertiary/aromatic N) is 1. The van der Waals surface area contributed by atoms with E-state index in [-0.39, 0.29) is 12.5 Å². The number of benzene rings is 1. The molecule has 0 spiro atoms. The van der Waals surface area contributed by atoms with E-state index in [1.54, 1.807) is 32.4 Å². The van der Waals surface area contributed by atoms with E-state index in [0.717, 1.165) is 0 Å². The summed E-state index contributed by atoms with van der Waals surface area (Å²) in [7, 11) is 3.16. The van der Waals surface area contributed by atoms with E-state index < -0.39 is 5.60 Å². The van der Waals surface area contributed by atoms with Crippen molar-refractivity contribution >= 4 is 11.6 Å². The molecule has 1 aromatic rings. The Balaban J connectivity index is 2.04. The molecule has 0 bridgehead atoms. The van der Waals surface area contributed by atoms with Gasteiger partial charge in [-0.25, -0.2) is 0 Å². The molecule has 0 aliphatic carbocycles. The van der Waals surface area contributed by atoms with E-state index in [2.05, 4.69) is 10.3 Å². The first kappa shape index (κ1) is 16.4. The first-order chi connectivity index (χ1) is 10.6. The van der Waals surface area contributed by atoms with Crippen molar-refractivity contribution in [2.24, 2.45) is 10.7 Å². The van der Waals surface area contributed by atoms with Crippen LogP contribution >= 0.6 is 0 Å². The van der Waals surface area contributed by atoms with E-state index in [0.29, 0.717) is 43.2 Å². The lowest BCUT2D eigenvalue weighted by molar-refractivity contribution is -0.0565. The van der Waals surface area contributed by atoms with Gasteiger partial charge in [0.05, 0.1) is 32.1 Å². The minimum absolute atomic E-state index is 0.214. The monoisotopic (exact) mass is 309 g/mol. The molecular formula is C15H23N3O4. The summed E-state index contributed by atoms with van der Waals surface area (Å²) in [4.78, 5) is 4.23. The van der Waals surface area contributed by atoms with Crippen LogP contribution in [0, 0.1) is 0 Å². The Labute approximate surface area is 130 Å². The van der Waals surface area contributed by atoms with Crippen molar-refractivity contribution in [1.82, 2.24) is 0 Å². The molecule has 0 atom stereocenters. The fourth-order valence-electron chi connectivity index (χ4n) is 2.23. The van der Waals surface area contributed by atoms with Gasteiger partial charge >= 0.3 is 0 Å². The molecule has 0 radical (unpaired) electrons. The third-order valence-corrected chi connectivity index (χ3v) is 3.64. The van der Waals surface area contributed by atoms with Crippen molar-refractivity contribution in [3.63, 3.8) is 0 Å². The molecule has 7 heteroatoms. The van der Waals surface area contributed by atoms with Crippen LogP contribution in [0.5, 0.6) is 11.5 Å². The number of anilines is 1. The average molecular weight is 309 g/mol. The van der Waals surface area contributed by atoms with E-state index in [1.807, 2.05) is 0 Å². The minimum Gasteiger partial charge on any atom is -0.497 e. The summed E-state index contributed by atoms with van der Waals surface area (Å²) < 4.78 is 15.7. The number of ether oxygens (including phenoxy) is 3. The molecule has 0 unspecified atom stereocenters. The summed E-state index contributed by atoms with van der Waals surface area (Å²) in [5, 5.41) is 13.3. The van der Waals surface area contributed by atoms with E-state index in [1.165, 1.54) is 0 Å². The Kier molecular flexibility index (Phi) is 5.46. The predicted octanol–water partition coefficient (Wildman–Crippen LogP) is 0.972. The van der Waals surface area contributed by atoms with E-state index >= 15 is 0 Å². The molecule has 1 aliphatic heterocycles. The van der Waals surface area contributed by atoms with Crippen LogP contribution < -0.4 is 20.5 Å². The third kappa shape index (κ3) is 4.25. The van der Waals surface area contributed by atoms with Gasteiger partial charge in [0, 0.05) is 32.1 Å². The number of aliphatic hydroxyl groups is 1. The van der Waals surface area contributed by atoms with Crippen LogP contribution in [-0.2, 0) is 4.74 Å². The minimum atomic E-state index is -0.844. The standard InChI is InChI=1S/C15H23N3O4/c1-20-11-3-4-13(21-2)12(9-11)18-14(16)17-10-15(19)5-7-22-8-6-15/h3-4,9,19H,5-8,10H2,1-2H3,(H3,16,17,18). The highest BCUT2D eigenvalue weighted by Crippen LogP contribution is 2.28. The molecular weight excluding hydrogens is 286 g/mol. The zero-order chi connectivity index (χ0) is 16.0. The Bertz CT molecular complexity index is 528. The summed E-state index contributed by atoms with van der Waals surface area (Å²) in [5.74, 6) is 1.52. The van der Waals surface area contributed by atoms with Gasteiger partial charge in [-0.3, -0.25) is 4.99 Å². The van der Waals surface area contributed by atoms with Gasteiger partial charge < -0.3 is 30.4 Å². The highest BCUT2D eigenvalue weighted by atomic mass is 16.5. The molecule has 4 N–H and O–H groups in total. The average Bonchev–Trinajstić information content (AvgIpc) is 2.54. The smallest absolute Gasteiger partial charge is 0.193 e. The Morgan fingerprint density at radius 3 is 2.73 bits per heavy atom. The highest BCUT2D eigenvalue weighted by molar-refractivity contribution is 5.94. The fourth-order valence-corrected chi connectivity index (χ4v) is 2.23. The molecule has 0 saturated carbocycles. The van der Waals surface area contributed by atoms with Crippen LogP contribution in [0.1, 0.15) is 12.8 Å². The molecule has 1 saturated heterocycles. The maximum absolute atomic E-state index is 10.4. The molecule has 7 nitrogen and oxygen atoms in total. The molecule has 122 valence electrons. The van der Waals surface area contributed by atoms with E-state index in [9.17, 15) is 5.11 Å². The van der Waals surface area contributed by atoms with Gasteiger partial charge in [0.1, 0.15) is 11.5 Å². The van der Waals surface area contributed by atoms with Gasteiger partial charge in [-0.05, 0) is 12.1 Å². The van der Waals surface area contributed by atoms with Crippen molar-refractivity contribution in [3.8, 4) is 11.5 Å². The van der Waals surface area contributed by atoms with Crippen LogP contribution in [0.15, 0.2) is 23.2 Å². The largest absolute Gasteiger partial charge is 0.497 e. The lowest BCUT2D eigenvalue weighted by Crippen LogP contribution is -2.40. The van der Waals surface area contributed by atoms with Crippen LogP contribution in [0.25, 0.3) is 0 Å². The lowest BCUT2D eigenvalue weighted by atomic mass is 9.95. The molecule has 1 aromatic carbocycles. The van der Waals surface area contributed by atoms with Gasteiger partial charge in [0.25, 0.3) is 0 Å². The maximum atomic E-state index is 10.4. The number of hydrogen-bond acceptors (Lipinski definition) is 5. The second-order valence-electron chi connectivity index (χ2n) is 5.23. The second kappa shape index (κ2) is 7.33. The van der Waals surface area contributed by atoms with Crippen molar-refractivity contribution in [3.05, 3.63) is 18.2 Å². The van der Waals surface area contributed by atoms with Gasteiger partial charge in [-0.15, -0.1) is 0 Å². The molecule has 1 heterocycles. The highest BCUT2D eigenvalue weighted by Gasteiger charge is 2.29. The van der Waals surface area contributed by atoms with Crippen molar-refractivity contribution in [1.29, 1.82) is 0 Å². The number of aliphatic imine (C=N–C) groups is 1. The Hall–Kier alpha value is -1.99. The van der Waals surface area contributed by atoms with Gasteiger partial charge in [-0.2, -0.15) is 0 Å². The normalized spacial score (nSPS) is 17.9. The molecule has 1 fully saturated rings. The predicted molar refractivity (Wildman–Crippen MR) is 84.7 cm³/mol. The molecule has 0 aromatic heterocycles. The van der Waals surface area contributed by atoms with Crippen LogP contribution in [-0.4, -0.2) is 50.6 Å². The molecule has 22 heavy (non-hydrogen) atoms.